The maximum absolute atomic E-state index is 13.1. The van der Waals surface area contributed by atoms with E-state index in [1.54, 1.807) is 6.92 Å². The highest BCUT2D eigenvalue weighted by molar-refractivity contribution is 5.39. The van der Waals surface area contributed by atoms with Crippen molar-refractivity contribution in [1.29, 1.82) is 0 Å². The van der Waals surface area contributed by atoms with E-state index in [9.17, 15) is 19.6 Å². The van der Waals surface area contributed by atoms with Crippen LogP contribution in [0, 0.1) is 21.8 Å². The second kappa shape index (κ2) is 4.29. The molecule has 0 amide bonds. The summed E-state index contributed by atoms with van der Waals surface area (Å²) in [5.41, 5.74) is 0.444. The summed E-state index contributed by atoms with van der Waals surface area (Å²) in [5, 5.41) is 20.2. The lowest BCUT2D eigenvalue weighted by atomic mass is 9.84. The van der Waals surface area contributed by atoms with Crippen LogP contribution in [0.4, 0.5) is 4.39 Å². The fourth-order valence-electron chi connectivity index (χ4n) is 2.06. The van der Waals surface area contributed by atoms with Gasteiger partial charge >= 0.3 is 0 Å². The summed E-state index contributed by atoms with van der Waals surface area (Å²) in [6.45, 7) is 1.30. The van der Waals surface area contributed by atoms with E-state index in [4.69, 9.17) is 4.74 Å². The Kier molecular flexibility index (Phi) is 2.97. The molecule has 0 saturated heterocycles. The molecular formula is C11H12FNO4. The van der Waals surface area contributed by atoms with Crippen LogP contribution in [0.2, 0.25) is 0 Å². The van der Waals surface area contributed by atoms with Gasteiger partial charge in [-0.15, -0.1) is 0 Å². The summed E-state index contributed by atoms with van der Waals surface area (Å²) < 4.78 is 18.3. The lowest BCUT2D eigenvalue weighted by molar-refractivity contribution is -0.486. The maximum Gasteiger partial charge on any atom is 0.211 e. The van der Waals surface area contributed by atoms with Crippen molar-refractivity contribution >= 4 is 0 Å². The van der Waals surface area contributed by atoms with E-state index in [1.807, 2.05) is 0 Å². The number of hydrogen-bond donors (Lipinski definition) is 1. The van der Waals surface area contributed by atoms with Gasteiger partial charge in [-0.25, -0.2) is 4.39 Å². The summed E-state index contributed by atoms with van der Waals surface area (Å²) in [7, 11) is 0. The number of hydrogen-bond acceptors (Lipinski definition) is 4. The van der Waals surface area contributed by atoms with Crippen LogP contribution in [0.25, 0.3) is 0 Å². The van der Waals surface area contributed by atoms with Crippen molar-refractivity contribution in [3.63, 3.8) is 0 Å². The van der Waals surface area contributed by atoms with Crippen molar-refractivity contribution in [3.05, 3.63) is 39.7 Å². The minimum absolute atomic E-state index is 0.309. The van der Waals surface area contributed by atoms with Crippen molar-refractivity contribution in [2.24, 2.45) is 5.92 Å². The summed E-state index contributed by atoms with van der Waals surface area (Å²) in [6, 6.07) is 3.81. The number of ether oxygens (including phenoxy) is 1. The van der Waals surface area contributed by atoms with Gasteiger partial charge in [-0.2, -0.15) is 0 Å². The highest BCUT2D eigenvalue weighted by atomic mass is 19.1. The first kappa shape index (κ1) is 11.8. The molecule has 5 nitrogen and oxygen atoms in total. The van der Waals surface area contributed by atoms with E-state index in [0.717, 1.165) is 0 Å². The Balaban J connectivity index is 2.42. The van der Waals surface area contributed by atoms with Crippen molar-refractivity contribution in [2.75, 3.05) is 6.54 Å². The third-order valence-corrected chi connectivity index (χ3v) is 3.05. The van der Waals surface area contributed by atoms with Crippen molar-refractivity contribution in [2.45, 2.75) is 19.1 Å². The summed E-state index contributed by atoms with van der Waals surface area (Å²) in [4.78, 5) is 10.1. The highest BCUT2D eigenvalue weighted by Gasteiger charge is 2.37. The molecule has 0 bridgehead atoms. The van der Waals surface area contributed by atoms with E-state index in [0.29, 0.717) is 11.3 Å². The zero-order chi connectivity index (χ0) is 12.6. The molecule has 0 aromatic heterocycles. The zero-order valence-electron chi connectivity index (χ0n) is 9.17. The number of halogens is 1. The van der Waals surface area contributed by atoms with Gasteiger partial charge in [-0.1, -0.05) is 6.92 Å². The molecule has 1 aliphatic rings. The fourth-order valence-corrected chi connectivity index (χ4v) is 2.06. The normalized spacial score (nSPS) is 27.1. The third-order valence-electron chi connectivity index (χ3n) is 3.05. The van der Waals surface area contributed by atoms with E-state index < -0.39 is 28.9 Å². The topological polar surface area (TPSA) is 72.6 Å². The summed E-state index contributed by atoms with van der Waals surface area (Å²) in [5.74, 6) is -1.15. The van der Waals surface area contributed by atoms with Gasteiger partial charge in [0.05, 0.1) is 5.92 Å². The van der Waals surface area contributed by atoms with Crippen LogP contribution < -0.4 is 4.74 Å². The van der Waals surface area contributed by atoms with E-state index in [-0.39, 0.29) is 6.54 Å². The summed E-state index contributed by atoms with van der Waals surface area (Å²) >= 11 is 0. The lowest BCUT2D eigenvalue weighted by Crippen LogP contribution is -2.37. The quantitative estimate of drug-likeness (QED) is 0.629. The van der Waals surface area contributed by atoms with E-state index in [2.05, 4.69) is 0 Å². The van der Waals surface area contributed by atoms with Crippen molar-refractivity contribution in [3.8, 4) is 5.75 Å². The molecule has 1 heterocycles. The standard InChI is InChI=1S/C11H12FNO4/c1-6-9(5-13(15)16)8-4-7(12)2-3-10(8)17-11(6)14/h2-4,6,9,11,14H,5H2,1H3. The minimum atomic E-state index is -1.10. The SMILES string of the molecule is CC1C(O)Oc2ccc(F)cc2C1C[N+](=O)[O-]. The second-order valence-electron chi connectivity index (χ2n) is 4.17. The van der Waals surface area contributed by atoms with Crippen LogP contribution in [0.1, 0.15) is 18.4 Å². The van der Waals surface area contributed by atoms with E-state index in [1.165, 1.54) is 18.2 Å². The highest BCUT2D eigenvalue weighted by Crippen LogP contribution is 2.39. The average molecular weight is 241 g/mol. The van der Waals surface area contributed by atoms with Gasteiger partial charge in [0.15, 0.2) is 0 Å². The molecule has 92 valence electrons. The Bertz CT molecular complexity index is 451. The Hall–Kier alpha value is -1.69. The molecule has 0 fully saturated rings. The number of aliphatic hydroxyl groups excluding tert-OH is 1. The average Bonchev–Trinajstić information content (AvgIpc) is 2.25. The van der Waals surface area contributed by atoms with Crippen LogP contribution >= 0.6 is 0 Å². The van der Waals surface area contributed by atoms with Gasteiger partial charge in [0.1, 0.15) is 11.6 Å². The molecule has 0 aliphatic carbocycles. The van der Waals surface area contributed by atoms with Crippen LogP contribution in [-0.4, -0.2) is 22.9 Å². The number of aliphatic hydroxyl groups is 1. The number of nitrogens with zero attached hydrogens (tertiary/aromatic N) is 1. The second-order valence-corrected chi connectivity index (χ2v) is 4.17. The zero-order valence-corrected chi connectivity index (χ0v) is 9.17. The fraction of sp³-hybridized carbons (Fsp3) is 0.455. The van der Waals surface area contributed by atoms with Gasteiger partial charge in [-0.05, 0) is 18.2 Å². The molecule has 0 saturated carbocycles. The van der Waals surface area contributed by atoms with Gasteiger partial charge in [0.2, 0.25) is 12.8 Å². The minimum Gasteiger partial charge on any atom is -0.465 e. The molecule has 1 N–H and O–H groups in total. The first-order valence-corrected chi connectivity index (χ1v) is 5.25. The number of benzene rings is 1. The maximum atomic E-state index is 13.1. The van der Waals surface area contributed by atoms with Crippen LogP contribution in [-0.2, 0) is 0 Å². The molecular weight excluding hydrogens is 229 g/mol. The molecule has 3 atom stereocenters. The molecule has 17 heavy (non-hydrogen) atoms. The van der Waals surface area contributed by atoms with E-state index >= 15 is 0 Å². The monoisotopic (exact) mass is 241 g/mol. The molecule has 0 spiro atoms. The number of nitro groups is 1. The Labute approximate surface area is 97.0 Å². The first-order valence-electron chi connectivity index (χ1n) is 5.25. The first-order chi connectivity index (χ1) is 7.99. The van der Waals surface area contributed by atoms with Gasteiger partial charge in [0.25, 0.3) is 0 Å². The smallest absolute Gasteiger partial charge is 0.211 e. The molecule has 0 radical (unpaired) electrons. The molecule has 6 heteroatoms. The third kappa shape index (κ3) is 2.21. The predicted molar refractivity (Wildman–Crippen MR) is 56.8 cm³/mol. The largest absolute Gasteiger partial charge is 0.465 e. The summed E-state index contributed by atoms with van der Waals surface area (Å²) in [6.07, 6.45) is -1.10. The lowest BCUT2D eigenvalue weighted by Gasteiger charge is -2.33. The van der Waals surface area contributed by atoms with Crippen LogP contribution in [0.15, 0.2) is 18.2 Å². The van der Waals surface area contributed by atoms with Gasteiger partial charge < -0.3 is 9.84 Å². The molecule has 1 aromatic carbocycles. The number of rotatable bonds is 2. The molecule has 1 aromatic rings. The Morgan fingerprint density at radius 1 is 1.59 bits per heavy atom. The predicted octanol–water partition coefficient (Wildman–Crippen LogP) is 1.53. The van der Waals surface area contributed by atoms with Crippen LogP contribution in [0.3, 0.4) is 0 Å². The van der Waals surface area contributed by atoms with Crippen LogP contribution in [0.5, 0.6) is 5.75 Å². The Morgan fingerprint density at radius 2 is 2.29 bits per heavy atom. The van der Waals surface area contributed by atoms with Gasteiger partial charge in [0, 0.05) is 16.4 Å². The Morgan fingerprint density at radius 3 is 2.94 bits per heavy atom. The van der Waals surface area contributed by atoms with Crippen molar-refractivity contribution < 1.29 is 19.2 Å². The van der Waals surface area contributed by atoms with Crippen molar-refractivity contribution in [1.82, 2.24) is 0 Å². The molecule has 1 aliphatic heterocycles. The molecule has 2 rings (SSSR count). The number of fused-ring (bicyclic) bond motifs is 1. The van der Waals surface area contributed by atoms with Gasteiger partial charge in [-0.3, -0.25) is 10.1 Å². The molecule has 3 unspecified atom stereocenters.